The molecule has 6 heteroatoms. The first-order valence-electron chi connectivity index (χ1n) is 8.12. The summed E-state index contributed by atoms with van der Waals surface area (Å²) in [5.41, 5.74) is -2.21. The zero-order chi connectivity index (χ0) is 18.3. The van der Waals surface area contributed by atoms with Gasteiger partial charge in [-0.15, -0.1) is 5.06 Å². The van der Waals surface area contributed by atoms with Crippen molar-refractivity contribution in [2.24, 2.45) is 17.8 Å². The van der Waals surface area contributed by atoms with Crippen LogP contribution in [0, 0.1) is 17.8 Å². The van der Waals surface area contributed by atoms with Crippen molar-refractivity contribution >= 4 is 5.78 Å². The maximum Gasteiger partial charge on any atom is 0.418 e. The third-order valence-electron chi connectivity index (χ3n) is 4.44. The molecule has 0 aromatic heterocycles. The highest BCUT2D eigenvalue weighted by Crippen LogP contribution is 2.53. The summed E-state index contributed by atoms with van der Waals surface area (Å²) in [7, 11) is 0. The fourth-order valence-electron chi connectivity index (χ4n) is 3.58. The van der Waals surface area contributed by atoms with E-state index >= 15 is 0 Å². The Labute approximate surface area is 136 Å². The number of allylic oxidation sites excluding steroid dienone is 1. The van der Waals surface area contributed by atoms with Gasteiger partial charge in [0.05, 0.1) is 5.54 Å². The molecule has 23 heavy (non-hydrogen) atoms. The predicted molar refractivity (Wildman–Crippen MR) is 83.4 cm³/mol. The average Bonchev–Trinajstić information content (AvgIpc) is 2.74. The van der Waals surface area contributed by atoms with E-state index in [0.29, 0.717) is 0 Å². The summed E-state index contributed by atoms with van der Waals surface area (Å²) in [5, 5.41) is 1.38. The SMILES string of the molecule is CC(C)C(=O)C1=C(C(F)(F)F)C(C(C)C)(C(C)C)N(C(C)C)O1. The van der Waals surface area contributed by atoms with Crippen LogP contribution in [0.5, 0.6) is 0 Å². The van der Waals surface area contributed by atoms with Crippen molar-refractivity contribution in [1.29, 1.82) is 0 Å². The lowest BCUT2D eigenvalue weighted by atomic mass is 9.70. The molecule has 0 aromatic carbocycles. The van der Waals surface area contributed by atoms with Crippen LogP contribution in [0.2, 0.25) is 0 Å². The number of carbonyl (C=O) groups is 1. The third-order valence-corrected chi connectivity index (χ3v) is 4.44. The van der Waals surface area contributed by atoms with Gasteiger partial charge in [-0.2, -0.15) is 13.2 Å². The van der Waals surface area contributed by atoms with E-state index in [0.717, 1.165) is 0 Å². The molecule has 0 atom stereocenters. The molecule has 0 aromatic rings. The predicted octanol–water partition coefficient (Wildman–Crippen LogP) is 4.73. The van der Waals surface area contributed by atoms with Gasteiger partial charge in [-0.3, -0.25) is 4.79 Å². The summed E-state index contributed by atoms with van der Waals surface area (Å²) in [6.45, 7) is 13.7. The molecule has 0 saturated heterocycles. The monoisotopic (exact) mass is 335 g/mol. The Balaban J connectivity index is 3.78. The second-order valence-electron chi connectivity index (χ2n) is 7.37. The lowest BCUT2D eigenvalue weighted by Gasteiger charge is -2.46. The summed E-state index contributed by atoms with van der Waals surface area (Å²) in [6, 6.07) is -0.297. The van der Waals surface area contributed by atoms with Gasteiger partial charge in [0, 0.05) is 12.0 Å². The average molecular weight is 335 g/mol. The Bertz CT molecular complexity index is 483. The van der Waals surface area contributed by atoms with Crippen molar-refractivity contribution in [3.05, 3.63) is 11.3 Å². The van der Waals surface area contributed by atoms with Crippen LogP contribution in [0.4, 0.5) is 13.2 Å². The molecule has 0 radical (unpaired) electrons. The van der Waals surface area contributed by atoms with Crippen molar-refractivity contribution < 1.29 is 22.8 Å². The minimum absolute atomic E-state index is 0.297. The highest BCUT2D eigenvalue weighted by atomic mass is 19.4. The zero-order valence-electron chi connectivity index (χ0n) is 15.2. The number of Topliss-reactive ketones (excluding diaryl/α,β-unsaturated/α-hetero) is 1. The van der Waals surface area contributed by atoms with Crippen molar-refractivity contribution in [2.45, 2.75) is 73.1 Å². The van der Waals surface area contributed by atoms with E-state index in [1.54, 1.807) is 55.4 Å². The Kier molecular flexibility index (Phi) is 5.62. The molecule has 1 aliphatic heterocycles. The smallest absolute Gasteiger partial charge is 0.401 e. The number of hydrogen-bond donors (Lipinski definition) is 0. The number of rotatable bonds is 5. The molecule has 0 fully saturated rings. The zero-order valence-corrected chi connectivity index (χ0v) is 15.2. The topological polar surface area (TPSA) is 29.5 Å². The normalized spacial score (nSPS) is 19.4. The van der Waals surface area contributed by atoms with Crippen molar-refractivity contribution in [3.63, 3.8) is 0 Å². The second-order valence-corrected chi connectivity index (χ2v) is 7.37. The number of carbonyl (C=O) groups excluding carboxylic acids is 1. The van der Waals surface area contributed by atoms with Gasteiger partial charge in [0.1, 0.15) is 5.57 Å². The maximum absolute atomic E-state index is 14.0. The quantitative estimate of drug-likeness (QED) is 0.727. The lowest BCUT2D eigenvalue weighted by Crippen LogP contribution is -2.58. The van der Waals surface area contributed by atoms with Crippen LogP contribution in [0.15, 0.2) is 11.3 Å². The summed E-state index contributed by atoms with van der Waals surface area (Å²) in [5.74, 6) is -2.46. The van der Waals surface area contributed by atoms with Gasteiger partial charge in [-0.1, -0.05) is 41.5 Å². The first kappa shape index (κ1) is 20.0. The van der Waals surface area contributed by atoms with Crippen molar-refractivity contribution in [2.75, 3.05) is 0 Å². The first-order chi connectivity index (χ1) is 10.3. The third kappa shape index (κ3) is 3.14. The molecule has 1 rings (SSSR count). The Hall–Kier alpha value is -1.04. The van der Waals surface area contributed by atoms with E-state index in [2.05, 4.69) is 0 Å². The molecule has 134 valence electrons. The van der Waals surface area contributed by atoms with E-state index in [4.69, 9.17) is 4.84 Å². The molecular weight excluding hydrogens is 307 g/mol. The molecule has 1 heterocycles. The number of alkyl halides is 3. The molecule has 0 amide bonds. The van der Waals surface area contributed by atoms with Crippen molar-refractivity contribution in [1.82, 2.24) is 5.06 Å². The van der Waals surface area contributed by atoms with E-state index in [9.17, 15) is 18.0 Å². The van der Waals surface area contributed by atoms with E-state index < -0.39 is 34.7 Å². The Morgan fingerprint density at radius 3 is 1.70 bits per heavy atom. The first-order valence-corrected chi connectivity index (χ1v) is 8.12. The fourth-order valence-corrected chi connectivity index (χ4v) is 3.58. The maximum atomic E-state index is 14.0. The summed E-state index contributed by atoms with van der Waals surface area (Å²) in [4.78, 5) is 18.0. The van der Waals surface area contributed by atoms with Crippen LogP contribution in [0.1, 0.15) is 55.4 Å². The minimum atomic E-state index is -4.63. The van der Waals surface area contributed by atoms with Crippen LogP contribution in [-0.4, -0.2) is 28.6 Å². The Morgan fingerprint density at radius 2 is 1.43 bits per heavy atom. The number of ketones is 1. The number of hydrogen-bond acceptors (Lipinski definition) is 3. The van der Waals surface area contributed by atoms with Gasteiger partial charge in [0.15, 0.2) is 0 Å². The van der Waals surface area contributed by atoms with Gasteiger partial charge in [0.25, 0.3) is 0 Å². The summed E-state index contributed by atoms with van der Waals surface area (Å²) < 4.78 is 41.9. The van der Waals surface area contributed by atoms with Crippen LogP contribution < -0.4 is 0 Å². The van der Waals surface area contributed by atoms with E-state index in [-0.39, 0.29) is 17.9 Å². The van der Waals surface area contributed by atoms with Gasteiger partial charge in [0.2, 0.25) is 11.5 Å². The van der Waals surface area contributed by atoms with Gasteiger partial charge in [-0.25, -0.2) is 0 Å². The molecule has 0 bridgehead atoms. The summed E-state index contributed by atoms with van der Waals surface area (Å²) >= 11 is 0. The van der Waals surface area contributed by atoms with Crippen LogP contribution in [-0.2, 0) is 9.63 Å². The molecular formula is C17H28F3NO2. The number of nitrogens with zero attached hydrogens (tertiary/aromatic N) is 1. The van der Waals surface area contributed by atoms with Crippen LogP contribution >= 0.6 is 0 Å². The van der Waals surface area contributed by atoms with E-state index in [1.165, 1.54) is 5.06 Å². The number of halogens is 3. The standard InChI is InChI=1S/C17H28F3NO2/c1-9(2)13(22)14-15(17(18,19)20)16(10(3)4,11(5)6)21(23-14)12(7)8/h9-12H,1-8H3. The van der Waals surface area contributed by atoms with Gasteiger partial charge < -0.3 is 4.84 Å². The molecule has 0 aliphatic carbocycles. The van der Waals surface area contributed by atoms with E-state index in [1.807, 2.05) is 0 Å². The molecule has 0 saturated carbocycles. The Morgan fingerprint density at radius 1 is 1.00 bits per heavy atom. The van der Waals surface area contributed by atoms with Crippen LogP contribution in [0.25, 0.3) is 0 Å². The second kappa shape index (κ2) is 6.46. The molecule has 3 nitrogen and oxygen atoms in total. The summed E-state index contributed by atoms with van der Waals surface area (Å²) in [6.07, 6.45) is -4.63. The molecule has 0 unspecified atom stereocenters. The lowest BCUT2D eigenvalue weighted by molar-refractivity contribution is -0.211. The van der Waals surface area contributed by atoms with Crippen molar-refractivity contribution in [3.8, 4) is 0 Å². The minimum Gasteiger partial charge on any atom is -0.401 e. The fraction of sp³-hybridized carbons (Fsp3) is 0.824. The van der Waals surface area contributed by atoms with Crippen LogP contribution in [0.3, 0.4) is 0 Å². The van der Waals surface area contributed by atoms with Gasteiger partial charge in [-0.05, 0) is 25.7 Å². The molecule has 0 spiro atoms. The van der Waals surface area contributed by atoms with Gasteiger partial charge >= 0.3 is 6.18 Å². The highest BCUT2D eigenvalue weighted by Gasteiger charge is 2.63. The molecule has 1 aliphatic rings. The number of hydroxylamine groups is 2. The largest absolute Gasteiger partial charge is 0.418 e. The molecule has 0 N–H and O–H groups in total. The highest BCUT2D eigenvalue weighted by molar-refractivity contribution is 5.96.